The molecule has 2 aliphatic rings. The lowest BCUT2D eigenvalue weighted by atomic mass is 9.87. The second kappa shape index (κ2) is 4.49. The fourth-order valence-corrected chi connectivity index (χ4v) is 2.64. The third kappa shape index (κ3) is 2.01. The Morgan fingerprint density at radius 1 is 1.60 bits per heavy atom. The molecular formula is C11H20N2O2. The number of rotatable bonds is 2. The number of morpholine rings is 1. The Labute approximate surface area is 91.0 Å². The number of hydrogen-bond acceptors (Lipinski definition) is 3. The predicted octanol–water partition coefficient (Wildman–Crippen LogP) is 0.377. The van der Waals surface area contributed by atoms with E-state index in [9.17, 15) is 4.79 Å². The summed E-state index contributed by atoms with van der Waals surface area (Å²) in [7, 11) is 0. The van der Waals surface area contributed by atoms with Gasteiger partial charge in [-0.1, -0.05) is 6.92 Å². The molecule has 0 aliphatic carbocycles. The first-order valence-corrected chi connectivity index (χ1v) is 5.87. The van der Waals surface area contributed by atoms with Crippen molar-refractivity contribution in [1.29, 1.82) is 0 Å². The predicted molar refractivity (Wildman–Crippen MR) is 57.7 cm³/mol. The Morgan fingerprint density at radius 2 is 2.47 bits per heavy atom. The van der Waals surface area contributed by atoms with Crippen LogP contribution in [0.15, 0.2) is 0 Å². The summed E-state index contributed by atoms with van der Waals surface area (Å²) >= 11 is 0. The van der Waals surface area contributed by atoms with E-state index in [2.05, 4.69) is 12.2 Å². The van der Waals surface area contributed by atoms with Crippen LogP contribution < -0.4 is 5.32 Å². The van der Waals surface area contributed by atoms with Crippen LogP contribution in [0.5, 0.6) is 0 Å². The van der Waals surface area contributed by atoms with Gasteiger partial charge in [0.2, 0.25) is 5.91 Å². The average Bonchev–Trinajstić information content (AvgIpc) is 2.25. The molecule has 86 valence electrons. The first-order valence-electron chi connectivity index (χ1n) is 5.87. The number of amides is 1. The Kier molecular flexibility index (Phi) is 3.26. The van der Waals surface area contributed by atoms with Gasteiger partial charge in [0.25, 0.3) is 0 Å². The lowest BCUT2D eigenvalue weighted by molar-refractivity contribution is -0.160. The van der Waals surface area contributed by atoms with Crippen LogP contribution in [0.4, 0.5) is 0 Å². The van der Waals surface area contributed by atoms with E-state index >= 15 is 0 Å². The highest BCUT2D eigenvalue weighted by Gasteiger charge is 2.43. The Balaban J connectivity index is 2.14. The third-order valence-electron chi connectivity index (χ3n) is 3.37. The Morgan fingerprint density at radius 3 is 3.13 bits per heavy atom. The molecule has 1 spiro atoms. The highest BCUT2D eigenvalue weighted by molar-refractivity contribution is 5.79. The summed E-state index contributed by atoms with van der Waals surface area (Å²) in [5.74, 6) is 0.159. The van der Waals surface area contributed by atoms with Crippen LogP contribution in [-0.2, 0) is 9.53 Å². The molecule has 0 saturated carbocycles. The monoisotopic (exact) mass is 212 g/mol. The molecule has 0 radical (unpaired) electrons. The van der Waals surface area contributed by atoms with Gasteiger partial charge in [0.15, 0.2) is 0 Å². The van der Waals surface area contributed by atoms with Crippen molar-refractivity contribution in [2.45, 2.75) is 31.7 Å². The van der Waals surface area contributed by atoms with Crippen molar-refractivity contribution in [2.24, 2.45) is 0 Å². The minimum absolute atomic E-state index is 0.0520. The molecule has 0 aromatic rings. The molecule has 1 amide bonds. The zero-order valence-electron chi connectivity index (χ0n) is 9.42. The molecule has 2 heterocycles. The van der Waals surface area contributed by atoms with E-state index in [1.54, 1.807) is 0 Å². The summed E-state index contributed by atoms with van der Waals surface area (Å²) in [4.78, 5) is 13.9. The zero-order valence-corrected chi connectivity index (χ0v) is 9.42. The zero-order chi connectivity index (χ0) is 10.7. The van der Waals surface area contributed by atoms with Gasteiger partial charge in [-0.25, -0.2) is 0 Å². The molecule has 2 fully saturated rings. The molecule has 0 aromatic heterocycles. The lowest BCUT2D eigenvalue weighted by Crippen LogP contribution is -2.65. The van der Waals surface area contributed by atoms with Crippen molar-refractivity contribution in [2.75, 3.05) is 32.8 Å². The van der Waals surface area contributed by atoms with Crippen molar-refractivity contribution in [3.05, 3.63) is 0 Å². The van der Waals surface area contributed by atoms with Crippen molar-refractivity contribution < 1.29 is 9.53 Å². The van der Waals surface area contributed by atoms with Crippen molar-refractivity contribution in [3.8, 4) is 0 Å². The molecule has 2 rings (SSSR count). The molecule has 4 heteroatoms. The fourth-order valence-electron chi connectivity index (χ4n) is 2.64. The summed E-state index contributed by atoms with van der Waals surface area (Å²) < 4.78 is 5.42. The van der Waals surface area contributed by atoms with E-state index in [0.717, 1.165) is 38.9 Å². The van der Waals surface area contributed by atoms with E-state index in [0.29, 0.717) is 6.61 Å². The summed E-state index contributed by atoms with van der Waals surface area (Å²) in [6, 6.07) is 0. The summed E-state index contributed by atoms with van der Waals surface area (Å²) in [5, 5.41) is 3.38. The molecule has 2 aliphatic heterocycles. The van der Waals surface area contributed by atoms with Gasteiger partial charge in [0, 0.05) is 13.1 Å². The Bertz CT molecular complexity index is 231. The second-order valence-corrected chi connectivity index (χ2v) is 4.54. The van der Waals surface area contributed by atoms with Gasteiger partial charge < -0.3 is 15.0 Å². The highest BCUT2D eigenvalue weighted by Crippen LogP contribution is 2.28. The van der Waals surface area contributed by atoms with Gasteiger partial charge in [-0.15, -0.1) is 0 Å². The van der Waals surface area contributed by atoms with Crippen LogP contribution in [0.3, 0.4) is 0 Å². The Hall–Kier alpha value is -0.610. The summed E-state index contributed by atoms with van der Waals surface area (Å²) in [6.07, 6.45) is 3.23. The molecule has 0 bridgehead atoms. The second-order valence-electron chi connectivity index (χ2n) is 4.54. The quantitative estimate of drug-likeness (QED) is 0.719. The normalized spacial score (nSPS) is 32.3. The van der Waals surface area contributed by atoms with E-state index in [1.165, 1.54) is 0 Å². The first kappa shape index (κ1) is 10.9. The highest BCUT2D eigenvalue weighted by atomic mass is 16.5. The molecule has 1 atom stereocenters. The standard InChI is InChI=1S/C11H20N2O2/c1-2-6-13-10(14)7-15-9-11(13)4-3-5-12-8-11/h12H,2-9H2,1H3. The van der Waals surface area contributed by atoms with Crippen LogP contribution in [0.25, 0.3) is 0 Å². The summed E-state index contributed by atoms with van der Waals surface area (Å²) in [6.45, 7) is 5.90. The molecule has 15 heavy (non-hydrogen) atoms. The van der Waals surface area contributed by atoms with Crippen molar-refractivity contribution in [1.82, 2.24) is 10.2 Å². The number of hydrogen-bond donors (Lipinski definition) is 1. The van der Waals surface area contributed by atoms with E-state index in [-0.39, 0.29) is 18.1 Å². The van der Waals surface area contributed by atoms with E-state index in [1.807, 2.05) is 4.90 Å². The lowest BCUT2D eigenvalue weighted by Gasteiger charge is -2.49. The van der Waals surface area contributed by atoms with Crippen LogP contribution in [0.2, 0.25) is 0 Å². The SMILES string of the molecule is CCCN1C(=O)COCC12CCCNC2. The topological polar surface area (TPSA) is 41.6 Å². The number of nitrogens with one attached hydrogen (secondary N) is 1. The van der Waals surface area contributed by atoms with Gasteiger partial charge >= 0.3 is 0 Å². The molecule has 1 N–H and O–H groups in total. The van der Waals surface area contributed by atoms with Crippen LogP contribution in [0.1, 0.15) is 26.2 Å². The molecular weight excluding hydrogens is 192 g/mol. The number of carbonyl (C=O) groups is 1. The third-order valence-corrected chi connectivity index (χ3v) is 3.37. The van der Waals surface area contributed by atoms with E-state index in [4.69, 9.17) is 4.74 Å². The maximum Gasteiger partial charge on any atom is 0.249 e. The minimum atomic E-state index is -0.0520. The van der Waals surface area contributed by atoms with Gasteiger partial charge in [0.1, 0.15) is 6.61 Å². The van der Waals surface area contributed by atoms with Gasteiger partial charge in [0.05, 0.1) is 12.1 Å². The average molecular weight is 212 g/mol. The van der Waals surface area contributed by atoms with Crippen molar-refractivity contribution in [3.63, 3.8) is 0 Å². The van der Waals surface area contributed by atoms with Crippen LogP contribution in [0, 0.1) is 0 Å². The number of carbonyl (C=O) groups excluding carboxylic acids is 1. The molecule has 0 aromatic carbocycles. The fraction of sp³-hybridized carbons (Fsp3) is 0.909. The van der Waals surface area contributed by atoms with Gasteiger partial charge in [-0.2, -0.15) is 0 Å². The van der Waals surface area contributed by atoms with Crippen LogP contribution >= 0.6 is 0 Å². The van der Waals surface area contributed by atoms with Gasteiger partial charge in [-0.3, -0.25) is 4.79 Å². The first-order chi connectivity index (χ1) is 7.28. The number of nitrogens with zero attached hydrogens (tertiary/aromatic N) is 1. The van der Waals surface area contributed by atoms with Crippen molar-refractivity contribution >= 4 is 5.91 Å². The number of ether oxygens (including phenoxy) is 1. The minimum Gasteiger partial charge on any atom is -0.369 e. The summed E-state index contributed by atoms with van der Waals surface area (Å²) in [5.41, 5.74) is -0.0520. The molecule has 2 saturated heterocycles. The van der Waals surface area contributed by atoms with E-state index < -0.39 is 0 Å². The van der Waals surface area contributed by atoms with Crippen LogP contribution in [-0.4, -0.2) is 49.2 Å². The maximum atomic E-state index is 11.8. The molecule has 4 nitrogen and oxygen atoms in total. The smallest absolute Gasteiger partial charge is 0.249 e. The largest absolute Gasteiger partial charge is 0.369 e. The van der Waals surface area contributed by atoms with Gasteiger partial charge in [-0.05, 0) is 25.8 Å². The molecule has 1 unspecified atom stereocenters. The maximum absolute atomic E-state index is 11.8. The number of piperidine rings is 1.